The van der Waals surface area contributed by atoms with Gasteiger partial charge in [-0.2, -0.15) is 0 Å². The number of carbonyl (C=O) groups excluding carboxylic acids is 2. The van der Waals surface area contributed by atoms with Gasteiger partial charge >= 0.3 is 12.0 Å². The molecule has 3 atom stereocenters. The molecule has 1 saturated heterocycles. The molecule has 0 aliphatic carbocycles. The molecule has 2 aromatic rings. The van der Waals surface area contributed by atoms with Gasteiger partial charge in [0.2, 0.25) is 15.7 Å². The summed E-state index contributed by atoms with van der Waals surface area (Å²) in [5.41, 5.74) is 1.92. The van der Waals surface area contributed by atoms with Crippen LogP contribution in [0.3, 0.4) is 0 Å². The fourth-order valence-electron chi connectivity index (χ4n) is 3.69. The van der Waals surface area contributed by atoms with Gasteiger partial charge in [0.25, 0.3) is 0 Å². The maximum atomic E-state index is 13.0. The zero-order valence-electron chi connectivity index (χ0n) is 20.1. The van der Waals surface area contributed by atoms with Crippen LogP contribution in [0.25, 0.3) is 0 Å². The average Bonchev–Trinajstić information content (AvgIpc) is 3.17. The predicted molar refractivity (Wildman–Crippen MR) is 137 cm³/mol. The molecule has 12 heteroatoms. The molecule has 194 valence electrons. The van der Waals surface area contributed by atoms with E-state index in [0.29, 0.717) is 0 Å². The first-order chi connectivity index (χ1) is 16.9. The minimum atomic E-state index is -3.78. The molecule has 5 N–H and O–H groups in total. The Balaban J connectivity index is 1.59. The molecule has 3 unspecified atom stereocenters. The number of thioether (sulfide) groups is 1. The number of aliphatic carboxylic acids is 1. The van der Waals surface area contributed by atoms with E-state index in [2.05, 4.69) is 21.3 Å². The van der Waals surface area contributed by atoms with Gasteiger partial charge in [0.05, 0.1) is 11.4 Å². The van der Waals surface area contributed by atoms with Gasteiger partial charge < -0.3 is 21.1 Å². The molecule has 0 saturated carbocycles. The zero-order valence-corrected chi connectivity index (χ0v) is 21.8. The fourth-order valence-corrected chi connectivity index (χ4v) is 7.44. The Kier molecular flexibility index (Phi) is 8.64. The van der Waals surface area contributed by atoms with Gasteiger partial charge in [0, 0.05) is 11.3 Å². The minimum Gasteiger partial charge on any atom is -0.480 e. The summed E-state index contributed by atoms with van der Waals surface area (Å²) < 4.78 is 24.1. The molecule has 1 aliphatic rings. The van der Waals surface area contributed by atoms with E-state index >= 15 is 0 Å². The third-order valence-corrected chi connectivity index (χ3v) is 9.68. The van der Waals surface area contributed by atoms with Crippen molar-refractivity contribution < 1.29 is 27.9 Å². The molecule has 1 heterocycles. The molecule has 1 aliphatic heterocycles. The molecule has 1 fully saturated rings. The second-order valence-electron chi connectivity index (χ2n) is 8.90. The summed E-state index contributed by atoms with van der Waals surface area (Å²) in [5, 5.41) is 19.9. The lowest BCUT2D eigenvalue weighted by Crippen LogP contribution is -2.57. The van der Waals surface area contributed by atoms with Crippen molar-refractivity contribution >= 4 is 39.5 Å². The normalized spacial score (nSPS) is 19.8. The highest BCUT2D eigenvalue weighted by atomic mass is 32.3. The highest BCUT2D eigenvalue weighted by molar-refractivity contribution is 8.14. The summed E-state index contributed by atoms with van der Waals surface area (Å²) in [4.78, 5) is 37.1. The van der Waals surface area contributed by atoms with Crippen molar-refractivity contribution in [2.75, 3.05) is 6.54 Å². The zero-order chi connectivity index (χ0) is 26.5. The maximum absolute atomic E-state index is 13.0. The summed E-state index contributed by atoms with van der Waals surface area (Å²) in [7, 11) is -3.78. The Morgan fingerprint density at radius 1 is 1.06 bits per heavy atom. The molecule has 3 amide bonds. The van der Waals surface area contributed by atoms with E-state index in [0.717, 1.165) is 22.9 Å². The summed E-state index contributed by atoms with van der Waals surface area (Å²) in [6, 6.07) is 12.4. The van der Waals surface area contributed by atoms with Crippen molar-refractivity contribution in [3.05, 3.63) is 65.7 Å². The first kappa shape index (κ1) is 27.5. The Morgan fingerprint density at radius 3 is 2.33 bits per heavy atom. The van der Waals surface area contributed by atoms with E-state index < -0.39 is 49.3 Å². The van der Waals surface area contributed by atoms with Crippen LogP contribution >= 0.6 is 11.8 Å². The number of hydrogen-bond acceptors (Lipinski definition) is 7. The molecular weight excluding hydrogens is 504 g/mol. The topological polar surface area (TPSA) is 154 Å². The van der Waals surface area contributed by atoms with Crippen LogP contribution in [0.4, 0.5) is 4.79 Å². The standard InChI is InChI=1S/C24H30N4O6S2/c1-15-9-7-8-10-16(15)13-25-22(32)26-14-18(21(30)31)27-20(29)19-24(2,3)35-23(28-19)36(33,34)17-11-5-4-6-12-17/h4-12,18-19,23,28H,13-14H2,1-3H3,(H,27,29)(H,30,31)(H2,25,26,32). The smallest absolute Gasteiger partial charge is 0.328 e. The summed E-state index contributed by atoms with van der Waals surface area (Å²) in [6.45, 7) is 5.24. The van der Waals surface area contributed by atoms with Crippen molar-refractivity contribution in [1.29, 1.82) is 0 Å². The quantitative estimate of drug-likeness (QED) is 0.325. The summed E-state index contributed by atoms with van der Waals surface area (Å²) in [5.74, 6) is -2.01. The largest absolute Gasteiger partial charge is 0.480 e. The number of hydrogen-bond donors (Lipinski definition) is 5. The van der Waals surface area contributed by atoms with Gasteiger partial charge in [-0.1, -0.05) is 42.5 Å². The van der Waals surface area contributed by atoms with E-state index in [-0.39, 0.29) is 18.0 Å². The number of carboxylic acids is 1. The van der Waals surface area contributed by atoms with Crippen molar-refractivity contribution in [3.8, 4) is 0 Å². The molecule has 0 bridgehead atoms. The molecule has 2 aromatic carbocycles. The van der Waals surface area contributed by atoms with Crippen LogP contribution in [0.5, 0.6) is 0 Å². The number of carbonyl (C=O) groups is 3. The van der Waals surface area contributed by atoms with E-state index in [9.17, 15) is 27.9 Å². The van der Waals surface area contributed by atoms with Crippen LogP contribution in [0.1, 0.15) is 25.0 Å². The summed E-state index contributed by atoms with van der Waals surface area (Å²) >= 11 is 1.08. The Hall–Kier alpha value is -3.09. The van der Waals surface area contributed by atoms with Crippen LogP contribution in [0.15, 0.2) is 59.5 Å². The van der Waals surface area contributed by atoms with Crippen LogP contribution in [-0.2, 0) is 26.0 Å². The van der Waals surface area contributed by atoms with Crippen LogP contribution in [0, 0.1) is 6.92 Å². The number of benzene rings is 2. The molecule has 0 aromatic heterocycles. The fraction of sp³-hybridized carbons (Fsp3) is 0.375. The van der Waals surface area contributed by atoms with Crippen molar-refractivity contribution in [3.63, 3.8) is 0 Å². The Labute approximate surface area is 214 Å². The number of carboxylic acid groups (broad SMARTS) is 1. The van der Waals surface area contributed by atoms with Gasteiger partial charge in [-0.3, -0.25) is 10.1 Å². The van der Waals surface area contributed by atoms with Gasteiger partial charge in [-0.05, 0) is 44.0 Å². The third-order valence-electron chi connectivity index (χ3n) is 5.81. The Bertz CT molecular complexity index is 1220. The van der Waals surface area contributed by atoms with Crippen LogP contribution in [0.2, 0.25) is 0 Å². The number of rotatable bonds is 9. The number of aryl methyl sites for hydroxylation is 1. The molecule has 3 rings (SSSR count). The van der Waals surface area contributed by atoms with E-state index in [4.69, 9.17) is 0 Å². The lowest BCUT2D eigenvalue weighted by Gasteiger charge is -2.25. The lowest BCUT2D eigenvalue weighted by atomic mass is 10.0. The third kappa shape index (κ3) is 6.56. The van der Waals surface area contributed by atoms with Crippen molar-refractivity contribution in [2.45, 2.75) is 53.7 Å². The molecule has 0 radical (unpaired) electrons. The van der Waals surface area contributed by atoms with Gasteiger partial charge in [-0.25, -0.2) is 18.0 Å². The maximum Gasteiger partial charge on any atom is 0.328 e. The average molecular weight is 535 g/mol. The monoisotopic (exact) mass is 534 g/mol. The molecular formula is C24H30N4O6S2. The van der Waals surface area contributed by atoms with Crippen molar-refractivity contribution in [2.24, 2.45) is 0 Å². The number of nitrogens with one attached hydrogen (secondary N) is 4. The second kappa shape index (κ2) is 11.3. The minimum absolute atomic E-state index is 0.121. The highest BCUT2D eigenvalue weighted by Crippen LogP contribution is 2.41. The van der Waals surface area contributed by atoms with Crippen LogP contribution < -0.4 is 21.3 Å². The van der Waals surface area contributed by atoms with Gasteiger partial charge in [0.1, 0.15) is 12.1 Å². The van der Waals surface area contributed by atoms with E-state index in [1.165, 1.54) is 12.1 Å². The first-order valence-electron chi connectivity index (χ1n) is 11.2. The molecule has 0 spiro atoms. The summed E-state index contributed by atoms with van der Waals surface area (Å²) in [6.07, 6.45) is 0. The van der Waals surface area contributed by atoms with E-state index in [1.807, 2.05) is 31.2 Å². The van der Waals surface area contributed by atoms with Crippen LogP contribution in [-0.4, -0.2) is 59.5 Å². The first-order valence-corrected chi connectivity index (χ1v) is 13.7. The predicted octanol–water partition coefficient (Wildman–Crippen LogP) is 1.60. The number of amides is 3. The number of urea groups is 1. The molecule has 10 nitrogen and oxygen atoms in total. The second-order valence-corrected chi connectivity index (χ2v) is 13.0. The van der Waals surface area contributed by atoms with Crippen molar-refractivity contribution in [1.82, 2.24) is 21.3 Å². The highest BCUT2D eigenvalue weighted by Gasteiger charge is 2.50. The lowest BCUT2D eigenvalue weighted by molar-refractivity contribution is -0.142. The van der Waals surface area contributed by atoms with Gasteiger partial charge in [0.15, 0.2) is 4.71 Å². The van der Waals surface area contributed by atoms with Gasteiger partial charge in [-0.15, -0.1) is 11.8 Å². The SMILES string of the molecule is Cc1ccccc1CNC(=O)NCC(NC(=O)C1NC(S(=O)(=O)c2ccccc2)SC1(C)C)C(=O)O. The number of sulfone groups is 1. The van der Waals surface area contributed by atoms with E-state index in [1.54, 1.807) is 32.0 Å². The molecule has 36 heavy (non-hydrogen) atoms. The Morgan fingerprint density at radius 2 is 1.69 bits per heavy atom.